The van der Waals surface area contributed by atoms with Gasteiger partial charge in [-0.15, -0.1) is 0 Å². The highest BCUT2D eigenvalue weighted by molar-refractivity contribution is 6.13. The van der Waals surface area contributed by atoms with Crippen LogP contribution in [0.4, 0.5) is 4.39 Å². The van der Waals surface area contributed by atoms with Gasteiger partial charge < -0.3 is 14.2 Å². The predicted octanol–water partition coefficient (Wildman–Crippen LogP) is 4.76. The highest BCUT2D eigenvalue weighted by Crippen LogP contribution is 2.25. The van der Waals surface area contributed by atoms with E-state index in [0.717, 1.165) is 11.1 Å². The second kappa shape index (κ2) is 8.61. The van der Waals surface area contributed by atoms with Gasteiger partial charge in [-0.1, -0.05) is 36.4 Å². The molecule has 0 aliphatic carbocycles. The topological polar surface area (TPSA) is 57.1 Å². The van der Waals surface area contributed by atoms with Crippen molar-refractivity contribution in [2.24, 2.45) is 4.99 Å². The fourth-order valence-electron chi connectivity index (χ4n) is 2.94. The summed E-state index contributed by atoms with van der Waals surface area (Å²) >= 11 is 0. The summed E-state index contributed by atoms with van der Waals surface area (Å²) in [6.07, 6.45) is 1.63. The van der Waals surface area contributed by atoms with Crippen molar-refractivity contribution in [3.63, 3.8) is 0 Å². The van der Waals surface area contributed by atoms with Crippen LogP contribution in [0.25, 0.3) is 6.08 Å². The Kier molecular flexibility index (Phi) is 5.57. The number of carbonyl (C=O) groups excluding carboxylic acids is 1. The number of rotatable bonds is 6. The van der Waals surface area contributed by atoms with Crippen molar-refractivity contribution >= 4 is 17.9 Å². The van der Waals surface area contributed by atoms with Gasteiger partial charge in [0.05, 0.1) is 12.7 Å². The normalized spacial score (nSPS) is 14.4. The molecule has 0 aromatic heterocycles. The van der Waals surface area contributed by atoms with Crippen LogP contribution >= 0.6 is 0 Å². The van der Waals surface area contributed by atoms with Crippen molar-refractivity contribution in [2.45, 2.75) is 6.61 Å². The molecule has 1 aliphatic rings. The quantitative estimate of drug-likeness (QED) is 0.440. The smallest absolute Gasteiger partial charge is 0.363 e. The Balaban J connectivity index is 1.52. The van der Waals surface area contributed by atoms with Gasteiger partial charge in [0, 0.05) is 0 Å². The third-order valence-electron chi connectivity index (χ3n) is 4.44. The van der Waals surface area contributed by atoms with Crippen LogP contribution in [0.5, 0.6) is 11.5 Å². The zero-order valence-electron chi connectivity index (χ0n) is 16.2. The monoisotopic (exact) mass is 403 g/mol. The molecule has 1 heterocycles. The lowest BCUT2D eigenvalue weighted by atomic mass is 10.2. The average Bonchev–Trinajstić information content (AvgIpc) is 3.13. The van der Waals surface area contributed by atoms with Crippen LogP contribution in [0, 0.1) is 5.82 Å². The van der Waals surface area contributed by atoms with Gasteiger partial charge in [0.25, 0.3) is 0 Å². The van der Waals surface area contributed by atoms with Gasteiger partial charge in [-0.2, -0.15) is 0 Å². The van der Waals surface area contributed by atoms with Crippen LogP contribution in [0.15, 0.2) is 83.5 Å². The molecule has 0 unspecified atom stereocenters. The number of halogens is 1. The summed E-state index contributed by atoms with van der Waals surface area (Å²) in [7, 11) is 1.55. The first-order chi connectivity index (χ1) is 14.6. The Morgan fingerprint density at radius 1 is 1.03 bits per heavy atom. The molecule has 150 valence electrons. The molecule has 0 bridgehead atoms. The SMILES string of the molecule is COc1ccccc1C1=N/C(=C/c2cccc(OCc3ccc(F)cc3)c2)C(=O)O1. The van der Waals surface area contributed by atoms with Crippen molar-refractivity contribution in [3.05, 3.63) is 101 Å². The average molecular weight is 403 g/mol. The van der Waals surface area contributed by atoms with Gasteiger partial charge in [0.15, 0.2) is 5.70 Å². The molecule has 0 N–H and O–H groups in total. The first-order valence-electron chi connectivity index (χ1n) is 9.25. The molecule has 6 heteroatoms. The van der Waals surface area contributed by atoms with E-state index in [4.69, 9.17) is 14.2 Å². The van der Waals surface area contributed by atoms with Crippen molar-refractivity contribution in [1.82, 2.24) is 0 Å². The number of hydrogen-bond donors (Lipinski definition) is 0. The molecular formula is C24H18FNO4. The van der Waals surface area contributed by atoms with Gasteiger partial charge in [0.2, 0.25) is 5.90 Å². The first kappa shape index (κ1) is 19.4. The molecule has 4 rings (SSSR count). The van der Waals surface area contributed by atoms with E-state index in [1.807, 2.05) is 30.3 Å². The van der Waals surface area contributed by atoms with Gasteiger partial charge in [0.1, 0.15) is 23.9 Å². The van der Waals surface area contributed by atoms with E-state index in [1.165, 1.54) is 12.1 Å². The molecule has 0 radical (unpaired) electrons. The summed E-state index contributed by atoms with van der Waals surface area (Å²) < 4.78 is 29.4. The van der Waals surface area contributed by atoms with Crippen molar-refractivity contribution < 1.29 is 23.4 Å². The van der Waals surface area contributed by atoms with Crippen LogP contribution in [-0.4, -0.2) is 19.0 Å². The van der Waals surface area contributed by atoms with Gasteiger partial charge in [-0.05, 0) is 53.6 Å². The van der Waals surface area contributed by atoms with Crippen molar-refractivity contribution in [2.75, 3.05) is 7.11 Å². The van der Waals surface area contributed by atoms with E-state index in [2.05, 4.69) is 4.99 Å². The summed E-state index contributed by atoms with van der Waals surface area (Å²) in [4.78, 5) is 16.6. The number of para-hydroxylation sites is 1. The standard InChI is InChI=1S/C24H18FNO4/c1-28-22-8-3-2-7-20(22)23-26-21(24(27)30-23)14-17-5-4-6-19(13-17)29-15-16-9-11-18(25)12-10-16/h2-14H,15H2,1H3/b21-14+. The molecule has 5 nitrogen and oxygen atoms in total. The number of ether oxygens (including phenoxy) is 3. The number of aliphatic imine (C=N–C) groups is 1. The van der Waals surface area contributed by atoms with E-state index in [0.29, 0.717) is 23.7 Å². The summed E-state index contributed by atoms with van der Waals surface area (Å²) in [5, 5.41) is 0. The summed E-state index contributed by atoms with van der Waals surface area (Å²) in [5.41, 5.74) is 2.38. The van der Waals surface area contributed by atoms with Gasteiger partial charge in [-0.3, -0.25) is 0 Å². The molecular weight excluding hydrogens is 385 g/mol. The maximum Gasteiger partial charge on any atom is 0.363 e. The fourth-order valence-corrected chi connectivity index (χ4v) is 2.94. The minimum atomic E-state index is -0.534. The molecule has 0 spiro atoms. The number of benzene rings is 3. The molecule has 0 saturated heterocycles. The largest absolute Gasteiger partial charge is 0.496 e. The molecule has 0 atom stereocenters. The maximum absolute atomic E-state index is 13.0. The highest BCUT2D eigenvalue weighted by Gasteiger charge is 2.26. The van der Waals surface area contributed by atoms with Gasteiger partial charge in [-0.25, -0.2) is 14.2 Å². The van der Waals surface area contributed by atoms with Crippen LogP contribution < -0.4 is 9.47 Å². The second-order valence-electron chi connectivity index (χ2n) is 6.52. The van der Waals surface area contributed by atoms with Crippen LogP contribution in [0.2, 0.25) is 0 Å². The van der Waals surface area contributed by atoms with E-state index in [-0.39, 0.29) is 17.4 Å². The molecule has 30 heavy (non-hydrogen) atoms. The molecule has 0 fully saturated rings. The number of hydrogen-bond acceptors (Lipinski definition) is 5. The fraction of sp³-hybridized carbons (Fsp3) is 0.0833. The Morgan fingerprint density at radius 2 is 1.83 bits per heavy atom. The Bertz CT molecular complexity index is 1140. The minimum Gasteiger partial charge on any atom is -0.496 e. The van der Waals surface area contributed by atoms with Crippen molar-refractivity contribution in [3.8, 4) is 11.5 Å². The van der Waals surface area contributed by atoms with Crippen LogP contribution in [0.3, 0.4) is 0 Å². The predicted molar refractivity (Wildman–Crippen MR) is 111 cm³/mol. The third-order valence-corrected chi connectivity index (χ3v) is 4.44. The number of carbonyl (C=O) groups is 1. The van der Waals surface area contributed by atoms with E-state index in [1.54, 1.807) is 43.5 Å². The number of methoxy groups -OCH3 is 1. The van der Waals surface area contributed by atoms with E-state index < -0.39 is 5.97 Å². The molecule has 0 saturated carbocycles. The zero-order valence-corrected chi connectivity index (χ0v) is 16.2. The molecule has 3 aromatic carbocycles. The molecule has 1 aliphatic heterocycles. The lowest BCUT2D eigenvalue weighted by molar-refractivity contribution is -0.129. The van der Waals surface area contributed by atoms with Crippen molar-refractivity contribution in [1.29, 1.82) is 0 Å². The highest BCUT2D eigenvalue weighted by atomic mass is 19.1. The Morgan fingerprint density at radius 3 is 2.63 bits per heavy atom. The number of nitrogens with zero attached hydrogens (tertiary/aromatic N) is 1. The third kappa shape index (κ3) is 4.38. The van der Waals surface area contributed by atoms with Crippen LogP contribution in [-0.2, 0) is 16.1 Å². The Hall–Kier alpha value is -3.93. The maximum atomic E-state index is 13.0. The lowest BCUT2D eigenvalue weighted by Gasteiger charge is -2.07. The summed E-state index contributed by atoms with van der Waals surface area (Å²) in [6.45, 7) is 0.304. The zero-order chi connectivity index (χ0) is 20.9. The van der Waals surface area contributed by atoms with E-state index >= 15 is 0 Å². The summed E-state index contributed by atoms with van der Waals surface area (Å²) in [5.74, 6) is 0.570. The van der Waals surface area contributed by atoms with Gasteiger partial charge >= 0.3 is 5.97 Å². The second-order valence-corrected chi connectivity index (χ2v) is 6.52. The number of esters is 1. The molecule has 0 amide bonds. The Labute approximate surface area is 173 Å². The molecule has 3 aromatic rings. The van der Waals surface area contributed by atoms with Crippen LogP contribution in [0.1, 0.15) is 16.7 Å². The lowest BCUT2D eigenvalue weighted by Crippen LogP contribution is -2.06. The first-order valence-corrected chi connectivity index (χ1v) is 9.25. The number of cyclic esters (lactones) is 1. The van der Waals surface area contributed by atoms with E-state index in [9.17, 15) is 9.18 Å². The minimum absolute atomic E-state index is 0.187. The summed E-state index contributed by atoms with van der Waals surface area (Å²) in [6, 6.07) is 20.6.